The molecule has 1 atom stereocenters. The zero-order valence-corrected chi connectivity index (χ0v) is 11.5. The third-order valence-electron chi connectivity index (χ3n) is 3.14. The summed E-state index contributed by atoms with van der Waals surface area (Å²) in [5.74, 6) is 0.165. The largest absolute Gasteiger partial charge is 0.352 e. The number of amides is 1. The van der Waals surface area contributed by atoms with Crippen LogP contribution in [0.2, 0.25) is 10.0 Å². The molecule has 1 saturated heterocycles. The second kappa shape index (κ2) is 6.41. The maximum atomic E-state index is 11.9. The number of carbonyl (C=O) groups is 1. The van der Waals surface area contributed by atoms with Gasteiger partial charge in [0.15, 0.2) is 0 Å². The fraction of sp³-hybridized carbons (Fsp3) is 0.462. The van der Waals surface area contributed by atoms with Crippen molar-refractivity contribution >= 4 is 29.1 Å². The van der Waals surface area contributed by atoms with E-state index in [0.717, 1.165) is 31.5 Å². The zero-order valence-electron chi connectivity index (χ0n) is 10.0. The molecule has 0 aromatic heterocycles. The Morgan fingerprint density at radius 1 is 1.44 bits per heavy atom. The van der Waals surface area contributed by atoms with E-state index in [9.17, 15) is 4.79 Å². The van der Waals surface area contributed by atoms with Gasteiger partial charge in [-0.2, -0.15) is 0 Å². The van der Waals surface area contributed by atoms with E-state index in [-0.39, 0.29) is 11.8 Å². The molecule has 1 aliphatic rings. The SMILES string of the molecule is O=C(NCc1ccc(Cl)cc1Cl)C1CCCNC1. The normalized spacial score (nSPS) is 19.6. The standard InChI is InChI=1S/C13H16Cl2N2O/c14-11-4-3-9(12(15)6-11)8-17-13(18)10-2-1-5-16-7-10/h3-4,6,10,16H,1-2,5,7-8H2,(H,17,18). The molecule has 1 amide bonds. The summed E-state index contributed by atoms with van der Waals surface area (Å²) in [5.41, 5.74) is 0.887. The van der Waals surface area contributed by atoms with Crippen molar-refractivity contribution in [1.29, 1.82) is 0 Å². The molecule has 0 radical (unpaired) electrons. The highest BCUT2D eigenvalue weighted by Gasteiger charge is 2.20. The lowest BCUT2D eigenvalue weighted by Crippen LogP contribution is -2.40. The molecule has 0 saturated carbocycles. The molecule has 0 bridgehead atoms. The summed E-state index contributed by atoms with van der Waals surface area (Å²) >= 11 is 11.9. The Labute approximate surface area is 117 Å². The second-order valence-electron chi connectivity index (χ2n) is 4.50. The number of nitrogens with one attached hydrogen (secondary N) is 2. The molecule has 18 heavy (non-hydrogen) atoms. The van der Waals surface area contributed by atoms with E-state index in [1.165, 1.54) is 0 Å². The molecule has 1 aromatic carbocycles. The first kappa shape index (κ1) is 13.7. The first-order valence-corrected chi connectivity index (χ1v) is 6.85. The molecular formula is C13H16Cl2N2O. The second-order valence-corrected chi connectivity index (χ2v) is 5.34. The lowest BCUT2D eigenvalue weighted by Gasteiger charge is -2.22. The van der Waals surface area contributed by atoms with E-state index in [1.54, 1.807) is 12.1 Å². The highest BCUT2D eigenvalue weighted by atomic mass is 35.5. The molecule has 0 spiro atoms. The van der Waals surface area contributed by atoms with Crippen LogP contribution in [0.1, 0.15) is 18.4 Å². The van der Waals surface area contributed by atoms with E-state index in [0.29, 0.717) is 16.6 Å². The Hall–Kier alpha value is -0.770. The topological polar surface area (TPSA) is 41.1 Å². The van der Waals surface area contributed by atoms with Gasteiger partial charge in [0.1, 0.15) is 0 Å². The summed E-state index contributed by atoms with van der Waals surface area (Å²) in [6.07, 6.45) is 2.01. The fourth-order valence-corrected chi connectivity index (χ4v) is 2.54. The van der Waals surface area contributed by atoms with E-state index >= 15 is 0 Å². The number of carbonyl (C=O) groups excluding carboxylic acids is 1. The van der Waals surface area contributed by atoms with Crippen LogP contribution in [-0.4, -0.2) is 19.0 Å². The average molecular weight is 287 g/mol. The Balaban J connectivity index is 1.88. The first-order valence-electron chi connectivity index (χ1n) is 6.09. The molecule has 3 nitrogen and oxygen atoms in total. The van der Waals surface area contributed by atoms with Gasteiger partial charge in [0.05, 0.1) is 5.92 Å². The van der Waals surface area contributed by atoms with Crippen LogP contribution in [0, 0.1) is 5.92 Å². The summed E-state index contributed by atoms with van der Waals surface area (Å²) in [4.78, 5) is 11.9. The van der Waals surface area contributed by atoms with Crippen LogP contribution in [0.3, 0.4) is 0 Å². The number of hydrogen-bond donors (Lipinski definition) is 2. The Bertz CT molecular complexity index is 431. The van der Waals surface area contributed by atoms with Crippen LogP contribution in [0.5, 0.6) is 0 Å². The van der Waals surface area contributed by atoms with Crippen LogP contribution >= 0.6 is 23.2 Å². The first-order chi connectivity index (χ1) is 8.66. The molecule has 1 heterocycles. The molecule has 1 aromatic rings. The van der Waals surface area contributed by atoms with E-state index in [4.69, 9.17) is 23.2 Å². The number of halogens is 2. The summed E-state index contributed by atoms with van der Waals surface area (Å²) in [6, 6.07) is 5.30. The third-order valence-corrected chi connectivity index (χ3v) is 3.72. The molecule has 0 aliphatic carbocycles. The number of piperidine rings is 1. The quantitative estimate of drug-likeness (QED) is 0.897. The summed E-state index contributed by atoms with van der Waals surface area (Å²) in [7, 11) is 0. The fourth-order valence-electron chi connectivity index (χ4n) is 2.07. The predicted octanol–water partition coefficient (Wildman–Crippen LogP) is 2.61. The summed E-state index contributed by atoms with van der Waals surface area (Å²) in [5, 5.41) is 7.34. The predicted molar refractivity (Wildman–Crippen MR) is 73.9 cm³/mol. The molecule has 2 rings (SSSR count). The minimum Gasteiger partial charge on any atom is -0.352 e. The van der Waals surface area contributed by atoms with E-state index in [1.807, 2.05) is 6.07 Å². The van der Waals surface area contributed by atoms with Gasteiger partial charge in [0.25, 0.3) is 0 Å². The van der Waals surface area contributed by atoms with Gasteiger partial charge in [-0.1, -0.05) is 29.3 Å². The minimum atomic E-state index is 0.0739. The smallest absolute Gasteiger partial charge is 0.224 e. The molecule has 2 N–H and O–H groups in total. The van der Waals surface area contributed by atoms with Crippen LogP contribution in [0.15, 0.2) is 18.2 Å². The molecular weight excluding hydrogens is 271 g/mol. The Kier molecular flexibility index (Phi) is 4.87. The van der Waals surface area contributed by atoms with Gasteiger partial charge < -0.3 is 10.6 Å². The van der Waals surface area contributed by atoms with Crippen molar-refractivity contribution in [1.82, 2.24) is 10.6 Å². The number of benzene rings is 1. The lowest BCUT2D eigenvalue weighted by atomic mass is 9.99. The van der Waals surface area contributed by atoms with Gasteiger partial charge in [-0.05, 0) is 37.1 Å². The van der Waals surface area contributed by atoms with Gasteiger partial charge in [-0.15, -0.1) is 0 Å². The highest BCUT2D eigenvalue weighted by molar-refractivity contribution is 6.35. The van der Waals surface area contributed by atoms with Crippen molar-refractivity contribution in [2.75, 3.05) is 13.1 Å². The Morgan fingerprint density at radius 2 is 2.28 bits per heavy atom. The van der Waals surface area contributed by atoms with E-state index < -0.39 is 0 Å². The van der Waals surface area contributed by atoms with Crippen LogP contribution in [-0.2, 0) is 11.3 Å². The molecule has 1 aliphatic heterocycles. The molecule has 1 unspecified atom stereocenters. The van der Waals surface area contributed by atoms with Crippen LogP contribution in [0.4, 0.5) is 0 Å². The zero-order chi connectivity index (χ0) is 13.0. The Morgan fingerprint density at radius 3 is 2.94 bits per heavy atom. The van der Waals surface area contributed by atoms with Crippen LogP contribution in [0.25, 0.3) is 0 Å². The lowest BCUT2D eigenvalue weighted by molar-refractivity contribution is -0.125. The highest BCUT2D eigenvalue weighted by Crippen LogP contribution is 2.21. The minimum absolute atomic E-state index is 0.0739. The van der Waals surface area contributed by atoms with Crippen LogP contribution < -0.4 is 10.6 Å². The number of hydrogen-bond acceptors (Lipinski definition) is 2. The van der Waals surface area contributed by atoms with E-state index in [2.05, 4.69) is 10.6 Å². The van der Waals surface area contributed by atoms with Gasteiger partial charge in [-0.3, -0.25) is 4.79 Å². The maximum Gasteiger partial charge on any atom is 0.224 e. The molecule has 1 fully saturated rings. The van der Waals surface area contributed by atoms with Crippen molar-refractivity contribution in [3.05, 3.63) is 33.8 Å². The summed E-state index contributed by atoms with van der Waals surface area (Å²) in [6.45, 7) is 2.22. The van der Waals surface area contributed by atoms with Crippen molar-refractivity contribution < 1.29 is 4.79 Å². The third kappa shape index (κ3) is 3.61. The summed E-state index contributed by atoms with van der Waals surface area (Å²) < 4.78 is 0. The van der Waals surface area contributed by atoms with Gasteiger partial charge in [0, 0.05) is 23.1 Å². The number of rotatable bonds is 3. The van der Waals surface area contributed by atoms with Crippen molar-refractivity contribution in [2.24, 2.45) is 5.92 Å². The molecule has 98 valence electrons. The maximum absolute atomic E-state index is 11.9. The molecule has 5 heteroatoms. The monoisotopic (exact) mass is 286 g/mol. The van der Waals surface area contributed by atoms with Gasteiger partial charge in [-0.25, -0.2) is 0 Å². The van der Waals surface area contributed by atoms with Gasteiger partial charge >= 0.3 is 0 Å². The van der Waals surface area contributed by atoms with Crippen molar-refractivity contribution in [2.45, 2.75) is 19.4 Å². The van der Waals surface area contributed by atoms with Gasteiger partial charge in [0.2, 0.25) is 5.91 Å². The van der Waals surface area contributed by atoms with Crippen molar-refractivity contribution in [3.8, 4) is 0 Å². The van der Waals surface area contributed by atoms with Crippen molar-refractivity contribution in [3.63, 3.8) is 0 Å². The average Bonchev–Trinajstić information content (AvgIpc) is 2.38.